The number of benzene rings is 1. The second-order valence-electron chi connectivity index (χ2n) is 8.25. The molecule has 0 unspecified atom stereocenters. The van der Waals surface area contributed by atoms with Crippen molar-refractivity contribution in [2.45, 2.75) is 110 Å². The molecule has 0 heterocycles. The van der Waals surface area contributed by atoms with Crippen molar-refractivity contribution in [1.82, 2.24) is 0 Å². The van der Waals surface area contributed by atoms with Crippen LogP contribution in [0.5, 0.6) is 0 Å². The zero-order valence-corrected chi connectivity index (χ0v) is 19.1. The minimum Gasteiger partial charge on any atom is -0.465 e. The maximum atomic E-state index is 11.4. The van der Waals surface area contributed by atoms with Gasteiger partial charge < -0.3 is 4.74 Å². The normalized spacial score (nSPS) is 11.2. The molecule has 0 saturated carbocycles. The number of carbonyl (C=O) groups is 1. The lowest BCUT2D eigenvalue weighted by atomic mass is 10.0. The van der Waals surface area contributed by atoms with Crippen LogP contribution in [-0.2, 0) is 4.74 Å². The van der Waals surface area contributed by atoms with E-state index < -0.39 is 0 Å². The van der Waals surface area contributed by atoms with E-state index in [4.69, 9.17) is 4.74 Å². The molecular formula is C27H44O2. The number of rotatable bonds is 18. The van der Waals surface area contributed by atoms with E-state index in [2.05, 4.69) is 19.1 Å². The number of ether oxygens (including phenoxy) is 1. The monoisotopic (exact) mass is 400 g/mol. The molecule has 0 aliphatic carbocycles. The molecule has 2 nitrogen and oxygen atoms in total. The molecule has 0 saturated heterocycles. The van der Waals surface area contributed by atoms with E-state index in [1.54, 1.807) is 0 Å². The fourth-order valence-corrected chi connectivity index (χ4v) is 3.70. The van der Waals surface area contributed by atoms with Crippen LogP contribution in [0.3, 0.4) is 0 Å². The van der Waals surface area contributed by atoms with Gasteiger partial charge in [-0.25, -0.2) is 4.79 Å². The Morgan fingerprint density at radius 2 is 1.17 bits per heavy atom. The Morgan fingerprint density at radius 1 is 0.724 bits per heavy atom. The topological polar surface area (TPSA) is 26.3 Å². The number of allylic oxidation sites excluding steroid dienone is 1. The van der Waals surface area contributed by atoms with Crippen LogP contribution in [0.15, 0.2) is 30.3 Å². The Hall–Kier alpha value is -1.57. The standard InChI is InChI=1S/C27H44O2/c1-3-4-5-6-7-8-9-10-11-12-13-14-15-16-17-18-19-20-25-21-23-26(24-22-25)27(28)29-2/h19-24H,3-18H2,1-2H3. The third-order valence-electron chi connectivity index (χ3n) is 5.62. The van der Waals surface area contributed by atoms with Crippen LogP contribution in [-0.4, -0.2) is 13.1 Å². The van der Waals surface area contributed by atoms with Gasteiger partial charge in [0.2, 0.25) is 0 Å². The number of hydrogen-bond donors (Lipinski definition) is 0. The van der Waals surface area contributed by atoms with E-state index in [0.29, 0.717) is 5.56 Å². The Morgan fingerprint density at radius 3 is 1.62 bits per heavy atom. The third-order valence-corrected chi connectivity index (χ3v) is 5.62. The molecule has 0 atom stereocenters. The van der Waals surface area contributed by atoms with E-state index in [9.17, 15) is 4.79 Å². The largest absolute Gasteiger partial charge is 0.465 e. The van der Waals surface area contributed by atoms with Gasteiger partial charge in [0.15, 0.2) is 0 Å². The molecule has 0 bridgehead atoms. The van der Waals surface area contributed by atoms with Crippen molar-refractivity contribution in [3.63, 3.8) is 0 Å². The van der Waals surface area contributed by atoms with Crippen LogP contribution in [0.1, 0.15) is 126 Å². The lowest BCUT2D eigenvalue weighted by molar-refractivity contribution is 0.0600. The molecule has 0 radical (unpaired) electrons. The maximum absolute atomic E-state index is 11.4. The van der Waals surface area contributed by atoms with Gasteiger partial charge >= 0.3 is 5.97 Å². The first-order valence-corrected chi connectivity index (χ1v) is 12.1. The predicted molar refractivity (Wildman–Crippen MR) is 126 cm³/mol. The van der Waals surface area contributed by atoms with E-state index in [-0.39, 0.29) is 5.97 Å². The van der Waals surface area contributed by atoms with Crippen molar-refractivity contribution in [3.05, 3.63) is 41.5 Å². The van der Waals surface area contributed by atoms with Gasteiger partial charge in [-0.05, 0) is 30.5 Å². The van der Waals surface area contributed by atoms with Gasteiger partial charge in [-0.3, -0.25) is 0 Å². The summed E-state index contributed by atoms with van der Waals surface area (Å²) in [5, 5.41) is 0. The van der Waals surface area contributed by atoms with E-state index in [0.717, 1.165) is 12.0 Å². The predicted octanol–water partition coefficient (Wildman–Crippen LogP) is 8.75. The SMILES string of the molecule is CCCCCCCCCCCCCCCCCC=Cc1ccc(C(=O)OC)cc1. The molecule has 0 fully saturated rings. The maximum Gasteiger partial charge on any atom is 0.337 e. The second-order valence-corrected chi connectivity index (χ2v) is 8.25. The molecule has 0 aliphatic heterocycles. The fraction of sp³-hybridized carbons (Fsp3) is 0.667. The van der Waals surface area contributed by atoms with Crippen LogP contribution >= 0.6 is 0 Å². The van der Waals surface area contributed by atoms with Gasteiger partial charge in [0.05, 0.1) is 12.7 Å². The smallest absolute Gasteiger partial charge is 0.337 e. The highest BCUT2D eigenvalue weighted by atomic mass is 16.5. The lowest BCUT2D eigenvalue weighted by Crippen LogP contribution is -2.00. The summed E-state index contributed by atoms with van der Waals surface area (Å²) in [6.07, 6.45) is 26.6. The van der Waals surface area contributed by atoms with Crippen LogP contribution in [0, 0.1) is 0 Å². The third kappa shape index (κ3) is 14.1. The lowest BCUT2D eigenvalue weighted by Gasteiger charge is -2.03. The number of hydrogen-bond acceptors (Lipinski definition) is 2. The van der Waals surface area contributed by atoms with Crippen molar-refractivity contribution in [2.75, 3.05) is 7.11 Å². The van der Waals surface area contributed by atoms with Crippen molar-refractivity contribution in [1.29, 1.82) is 0 Å². The molecule has 1 aromatic carbocycles. The summed E-state index contributed by atoms with van der Waals surface area (Å²) in [5.41, 5.74) is 1.74. The van der Waals surface area contributed by atoms with Crippen molar-refractivity contribution >= 4 is 12.0 Å². The second kappa shape index (κ2) is 18.5. The van der Waals surface area contributed by atoms with Crippen LogP contribution in [0.2, 0.25) is 0 Å². The number of unbranched alkanes of at least 4 members (excludes halogenated alkanes) is 15. The fourth-order valence-electron chi connectivity index (χ4n) is 3.70. The molecule has 0 aromatic heterocycles. The summed E-state index contributed by atoms with van der Waals surface area (Å²) >= 11 is 0. The quantitative estimate of drug-likeness (QED) is 0.182. The molecule has 0 aliphatic rings. The number of methoxy groups -OCH3 is 1. The van der Waals surface area contributed by atoms with Crippen LogP contribution in [0.25, 0.3) is 6.08 Å². The minimum atomic E-state index is -0.279. The molecule has 0 spiro atoms. The minimum absolute atomic E-state index is 0.279. The summed E-state index contributed by atoms with van der Waals surface area (Å²) in [4.78, 5) is 11.4. The van der Waals surface area contributed by atoms with E-state index in [1.165, 1.54) is 103 Å². The zero-order valence-electron chi connectivity index (χ0n) is 19.1. The van der Waals surface area contributed by atoms with Gasteiger partial charge in [-0.1, -0.05) is 121 Å². The first-order chi connectivity index (χ1) is 14.3. The average molecular weight is 401 g/mol. The summed E-state index contributed by atoms with van der Waals surface area (Å²) in [6.45, 7) is 2.29. The summed E-state index contributed by atoms with van der Waals surface area (Å²) < 4.78 is 4.72. The first-order valence-electron chi connectivity index (χ1n) is 12.1. The molecule has 2 heteroatoms. The molecule has 0 N–H and O–H groups in total. The van der Waals surface area contributed by atoms with Crippen molar-refractivity contribution in [3.8, 4) is 0 Å². The number of esters is 1. The summed E-state index contributed by atoms with van der Waals surface area (Å²) in [5.74, 6) is -0.279. The van der Waals surface area contributed by atoms with Crippen LogP contribution in [0.4, 0.5) is 0 Å². The zero-order chi connectivity index (χ0) is 21.0. The van der Waals surface area contributed by atoms with Gasteiger partial charge in [0.25, 0.3) is 0 Å². The molecule has 1 aromatic rings. The van der Waals surface area contributed by atoms with Gasteiger partial charge in [0.1, 0.15) is 0 Å². The molecule has 1 rings (SSSR count). The van der Waals surface area contributed by atoms with E-state index >= 15 is 0 Å². The molecule has 29 heavy (non-hydrogen) atoms. The summed E-state index contributed by atoms with van der Waals surface area (Å²) in [7, 11) is 1.41. The van der Waals surface area contributed by atoms with Crippen molar-refractivity contribution in [2.24, 2.45) is 0 Å². The highest BCUT2D eigenvalue weighted by Crippen LogP contribution is 2.14. The Labute approximate surface area is 180 Å². The molecule has 164 valence electrons. The Kier molecular flexibility index (Phi) is 16.2. The number of carbonyl (C=O) groups excluding carboxylic acids is 1. The van der Waals surface area contributed by atoms with Gasteiger partial charge in [0, 0.05) is 0 Å². The Bertz CT molecular complexity index is 530. The van der Waals surface area contributed by atoms with Gasteiger partial charge in [-0.15, -0.1) is 0 Å². The highest BCUT2D eigenvalue weighted by Gasteiger charge is 2.02. The van der Waals surface area contributed by atoms with Gasteiger partial charge in [-0.2, -0.15) is 0 Å². The first kappa shape index (κ1) is 25.5. The molecule has 0 amide bonds. The van der Waals surface area contributed by atoms with E-state index in [1.807, 2.05) is 24.3 Å². The highest BCUT2D eigenvalue weighted by molar-refractivity contribution is 5.89. The van der Waals surface area contributed by atoms with Crippen LogP contribution < -0.4 is 0 Å². The average Bonchev–Trinajstić information content (AvgIpc) is 2.75. The Balaban J connectivity index is 1.87. The summed E-state index contributed by atoms with van der Waals surface area (Å²) in [6, 6.07) is 7.57. The molecular weight excluding hydrogens is 356 g/mol. The van der Waals surface area contributed by atoms with Crippen molar-refractivity contribution < 1.29 is 9.53 Å².